The van der Waals surface area contributed by atoms with E-state index in [-0.39, 0.29) is 18.6 Å². The van der Waals surface area contributed by atoms with E-state index < -0.39 is 5.97 Å². The Morgan fingerprint density at radius 1 is 1.25 bits per heavy atom. The molecule has 1 saturated carbocycles. The van der Waals surface area contributed by atoms with Gasteiger partial charge in [0.2, 0.25) is 0 Å². The zero-order chi connectivity index (χ0) is 23.1. The van der Waals surface area contributed by atoms with Gasteiger partial charge in [-0.05, 0) is 68.0 Å². The quantitative estimate of drug-likeness (QED) is 0.508. The van der Waals surface area contributed by atoms with E-state index in [1.165, 1.54) is 6.42 Å². The Hall–Kier alpha value is -3.23. The summed E-state index contributed by atoms with van der Waals surface area (Å²) in [6.45, 7) is 4.75. The largest absolute Gasteiger partial charge is 0.494 e. The fourth-order valence-electron chi connectivity index (χ4n) is 3.78. The number of aryl methyl sites for hydroxylation is 1. The molecule has 1 aliphatic rings. The van der Waals surface area contributed by atoms with Gasteiger partial charge >= 0.3 is 5.97 Å². The summed E-state index contributed by atoms with van der Waals surface area (Å²) in [6.07, 6.45) is 10.2. The number of hydrogen-bond donors (Lipinski definition) is 2. The van der Waals surface area contributed by atoms with Gasteiger partial charge in [0.1, 0.15) is 11.8 Å². The van der Waals surface area contributed by atoms with Gasteiger partial charge in [-0.3, -0.25) is 4.79 Å². The van der Waals surface area contributed by atoms with Gasteiger partial charge in [-0.2, -0.15) is 0 Å². The number of aliphatic carboxylic acids is 1. The smallest absolute Gasteiger partial charge is 0.307 e. The Labute approximate surface area is 189 Å². The third kappa shape index (κ3) is 5.52. The summed E-state index contributed by atoms with van der Waals surface area (Å²) in [5.74, 6) is 2.87. The highest BCUT2D eigenvalue weighted by molar-refractivity contribution is 5.88. The maximum atomic E-state index is 11.2. The van der Waals surface area contributed by atoms with Crippen LogP contribution in [0.1, 0.15) is 55.5 Å². The number of fused-ring (bicyclic) bond motifs is 1. The summed E-state index contributed by atoms with van der Waals surface area (Å²) < 4.78 is 7.73. The Balaban J connectivity index is 0.000000509. The molecule has 4 rings (SSSR count). The molecule has 5 heteroatoms. The minimum atomic E-state index is -0.843. The molecule has 1 fully saturated rings. The maximum absolute atomic E-state index is 11.2. The summed E-state index contributed by atoms with van der Waals surface area (Å²) >= 11 is 0. The van der Waals surface area contributed by atoms with E-state index >= 15 is 0 Å². The number of ether oxygens (including phenoxy) is 1. The first-order valence-corrected chi connectivity index (χ1v) is 11.1. The maximum Gasteiger partial charge on any atom is 0.307 e. The first kappa shape index (κ1) is 23.4. The van der Waals surface area contributed by atoms with Crippen LogP contribution in [0.5, 0.6) is 5.75 Å². The molecule has 3 aromatic rings. The van der Waals surface area contributed by atoms with E-state index in [1.807, 2.05) is 55.5 Å². The van der Waals surface area contributed by atoms with Crippen molar-refractivity contribution in [1.82, 2.24) is 4.57 Å². The van der Waals surface area contributed by atoms with Crippen LogP contribution in [-0.2, 0) is 11.2 Å². The number of hydrogen-bond acceptors (Lipinski definition) is 3. The molecule has 1 heterocycles. The monoisotopic (exact) mass is 433 g/mol. The first-order chi connectivity index (χ1) is 15.4. The van der Waals surface area contributed by atoms with Crippen LogP contribution in [0, 0.1) is 19.3 Å². The Morgan fingerprint density at radius 2 is 1.94 bits per heavy atom. The third-order valence-corrected chi connectivity index (χ3v) is 5.67. The second-order valence-corrected chi connectivity index (χ2v) is 8.15. The number of benzene rings is 2. The van der Waals surface area contributed by atoms with Crippen molar-refractivity contribution in [2.24, 2.45) is 0 Å². The van der Waals surface area contributed by atoms with Crippen molar-refractivity contribution in [3.8, 4) is 18.1 Å². The third-order valence-electron chi connectivity index (χ3n) is 5.67. The van der Waals surface area contributed by atoms with Crippen LogP contribution in [0.3, 0.4) is 0 Å². The zero-order valence-corrected chi connectivity index (χ0v) is 18.8. The predicted octanol–water partition coefficient (Wildman–Crippen LogP) is 5.12. The summed E-state index contributed by atoms with van der Waals surface area (Å²) in [5.41, 5.74) is 3.73. The molecular formula is C27H31NO4. The summed E-state index contributed by atoms with van der Waals surface area (Å²) in [4.78, 5) is 11.2. The van der Waals surface area contributed by atoms with E-state index in [4.69, 9.17) is 16.3 Å². The average molecular weight is 434 g/mol. The van der Waals surface area contributed by atoms with E-state index in [0.29, 0.717) is 6.61 Å². The second kappa shape index (κ2) is 10.9. The molecule has 0 amide bonds. The van der Waals surface area contributed by atoms with Gasteiger partial charge in [-0.15, -0.1) is 6.42 Å². The summed E-state index contributed by atoms with van der Waals surface area (Å²) in [5, 5.41) is 18.6. The Bertz CT molecular complexity index is 1090. The second-order valence-electron chi connectivity index (χ2n) is 8.15. The van der Waals surface area contributed by atoms with Crippen molar-refractivity contribution in [3.63, 3.8) is 0 Å². The fraction of sp³-hybridized carbons (Fsp3) is 0.370. The van der Waals surface area contributed by atoms with Gasteiger partial charge in [0.25, 0.3) is 0 Å². The molecule has 0 bridgehead atoms. The molecule has 168 valence electrons. The highest BCUT2D eigenvalue weighted by atomic mass is 16.5. The van der Waals surface area contributed by atoms with Crippen LogP contribution in [0.15, 0.2) is 48.5 Å². The molecule has 1 aromatic heterocycles. The van der Waals surface area contributed by atoms with Crippen molar-refractivity contribution >= 4 is 16.9 Å². The number of aliphatic hydroxyl groups is 1. The van der Waals surface area contributed by atoms with Crippen LogP contribution in [0.4, 0.5) is 0 Å². The highest BCUT2D eigenvalue weighted by Gasteiger charge is 2.18. The van der Waals surface area contributed by atoms with Crippen molar-refractivity contribution in [1.29, 1.82) is 0 Å². The number of carboxylic acid groups (broad SMARTS) is 1. The normalized spacial score (nSPS) is 14.1. The van der Waals surface area contributed by atoms with E-state index in [0.717, 1.165) is 52.7 Å². The minimum absolute atomic E-state index is 0.00895. The standard InChI is InChI=1S/C23H23NO3.C4H8O/c1-4-13-27-19-11-9-17(10-12-19)21(5-2)24-16(3)14-20-18(15-23(25)26)7-6-8-22(20)24;5-4-2-1-3-4/h2,6-12,14,21H,4,13,15H2,1,3H3,(H,25,26);4-5H,1-3H2. The van der Waals surface area contributed by atoms with Crippen LogP contribution < -0.4 is 4.74 Å². The van der Waals surface area contributed by atoms with E-state index in [2.05, 4.69) is 17.4 Å². The molecule has 2 aromatic carbocycles. The molecule has 1 atom stereocenters. The molecular weight excluding hydrogens is 402 g/mol. The van der Waals surface area contributed by atoms with Crippen LogP contribution >= 0.6 is 0 Å². The molecule has 2 N–H and O–H groups in total. The number of rotatable bonds is 7. The van der Waals surface area contributed by atoms with Gasteiger partial charge < -0.3 is 19.5 Å². The molecule has 1 aliphatic carbocycles. The Kier molecular flexibility index (Phi) is 7.97. The molecule has 0 saturated heterocycles. The minimum Gasteiger partial charge on any atom is -0.494 e. The van der Waals surface area contributed by atoms with Crippen LogP contribution in [-0.4, -0.2) is 33.5 Å². The van der Waals surface area contributed by atoms with Crippen molar-refractivity contribution in [2.45, 2.75) is 58.1 Å². The van der Waals surface area contributed by atoms with Crippen molar-refractivity contribution < 1.29 is 19.7 Å². The number of carbonyl (C=O) groups is 1. The number of carboxylic acids is 1. The number of aliphatic hydroxyl groups excluding tert-OH is 1. The number of terminal acetylenes is 1. The molecule has 0 aliphatic heterocycles. The topological polar surface area (TPSA) is 71.7 Å². The van der Waals surface area contributed by atoms with Gasteiger partial charge in [0.05, 0.1) is 19.1 Å². The van der Waals surface area contributed by atoms with Gasteiger partial charge in [0, 0.05) is 16.6 Å². The van der Waals surface area contributed by atoms with E-state index in [9.17, 15) is 9.90 Å². The lowest BCUT2D eigenvalue weighted by Gasteiger charge is -2.18. The number of aromatic nitrogens is 1. The SMILES string of the molecule is C#CC(c1ccc(OCCC)cc1)n1c(C)cc2c(CC(=O)O)cccc21.OC1CCC1. The summed E-state index contributed by atoms with van der Waals surface area (Å²) in [6, 6.07) is 15.3. The lowest BCUT2D eigenvalue weighted by Crippen LogP contribution is -2.15. The molecule has 0 radical (unpaired) electrons. The van der Waals surface area contributed by atoms with Gasteiger partial charge in [0.15, 0.2) is 0 Å². The van der Waals surface area contributed by atoms with Gasteiger partial charge in [-0.25, -0.2) is 0 Å². The molecule has 0 spiro atoms. The Morgan fingerprint density at radius 3 is 2.47 bits per heavy atom. The highest BCUT2D eigenvalue weighted by Crippen LogP contribution is 2.30. The summed E-state index contributed by atoms with van der Waals surface area (Å²) in [7, 11) is 0. The van der Waals surface area contributed by atoms with Crippen LogP contribution in [0.2, 0.25) is 0 Å². The van der Waals surface area contributed by atoms with Crippen LogP contribution in [0.25, 0.3) is 10.9 Å². The lowest BCUT2D eigenvalue weighted by molar-refractivity contribution is -0.136. The number of nitrogens with zero attached hydrogens (tertiary/aromatic N) is 1. The first-order valence-electron chi connectivity index (χ1n) is 11.1. The van der Waals surface area contributed by atoms with Crippen molar-refractivity contribution in [3.05, 3.63) is 65.4 Å². The lowest BCUT2D eigenvalue weighted by atomic mass is 9.97. The molecule has 32 heavy (non-hydrogen) atoms. The fourth-order valence-corrected chi connectivity index (χ4v) is 3.78. The molecule has 1 unspecified atom stereocenters. The zero-order valence-electron chi connectivity index (χ0n) is 18.8. The van der Waals surface area contributed by atoms with Gasteiger partial charge in [-0.1, -0.05) is 37.1 Å². The molecule has 5 nitrogen and oxygen atoms in total. The van der Waals surface area contributed by atoms with E-state index in [1.54, 1.807) is 0 Å². The predicted molar refractivity (Wildman–Crippen MR) is 127 cm³/mol. The van der Waals surface area contributed by atoms with Crippen molar-refractivity contribution in [2.75, 3.05) is 6.61 Å². The average Bonchev–Trinajstić information content (AvgIpc) is 3.09.